The van der Waals surface area contributed by atoms with Gasteiger partial charge in [-0.05, 0) is 18.4 Å². The van der Waals surface area contributed by atoms with E-state index in [1.165, 1.54) is 5.57 Å². The van der Waals surface area contributed by atoms with Crippen molar-refractivity contribution in [2.24, 2.45) is 5.92 Å². The van der Waals surface area contributed by atoms with Crippen LogP contribution in [0.5, 0.6) is 0 Å². The summed E-state index contributed by atoms with van der Waals surface area (Å²) in [6, 6.07) is 0. The minimum Gasteiger partial charge on any atom is -0.0871 e. The molecule has 1 aliphatic rings. The van der Waals surface area contributed by atoms with Gasteiger partial charge in [0.1, 0.15) is 0 Å². The van der Waals surface area contributed by atoms with Crippen LogP contribution < -0.4 is 0 Å². The number of allylic oxidation sites excluding steroid dienone is 8. The highest BCUT2D eigenvalue weighted by atomic mass is 14.0. The van der Waals surface area contributed by atoms with Crippen molar-refractivity contribution in [1.82, 2.24) is 0 Å². The molecule has 1 aliphatic carbocycles. The SMILES string of the molecule is C/C=C\C1=CC=CC(C)C=C1. The van der Waals surface area contributed by atoms with E-state index in [1.54, 1.807) is 0 Å². The van der Waals surface area contributed by atoms with E-state index in [9.17, 15) is 0 Å². The molecule has 1 rings (SSSR count). The normalized spacial score (nSPS) is 23.8. The fraction of sp³-hybridized carbons (Fsp3) is 0.273. The van der Waals surface area contributed by atoms with Crippen LogP contribution >= 0.6 is 0 Å². The summed E-state index contributed by atoms with van der Waals surface area (Å²) in [5.41, 5.74) is 1.27. The highest BCUT2D eigenvalue weighted by molar-refractivity contribution is 5.36. The van der Waals surface area contributed by atoms with Crippen LogP contribution in [0.3, 0.4) is 0 Å². The quantitative estimate of drug-likeness (QED) is 0.532. The van der Waals surface area contributed by atoms with Gasteiger partial charge in [0.2, 0.25) is 0 Å². The second kappa shape index (κ2) is 3.97. The number of rotatable bonds is 1. The van der Waals surface area contributed by atoms with Crippen LogP contribution in [0.1, 0.15) is 13.8 Å². The summed E-state index contributed by atoms with van der Waals surface area (Å²) in [6.07, 6.45) is 15.0. The average Bonchev–Trinajstić information content (AvgIpc) is 2.17. The Morgan fingerprint density at radius 1 is 1.36 bits per heavy atom. The fourth-order valence-electron chi connectivity index (χ4n) is 1.03. The van der Waals surface area contributed by atoms with E-state index in [-0.39, 0.29) is 0 Å². The van der Waals surface area contributed by atoms with Gasteiger partial charge in [-0.3, -0.25) is 0 Å². The van der Waals surface area contributed by atoms with E-state index in [1.807, 2.05) is 6.92 Å². The molecule has 0 N–H and O–H groups in total. The lowest BCUT2D eigenvalue weighted by Gasteiger charge is -1.92. The first-order chi connectivity index (χ1) is 5.33. The molecule has 0 amide bonds. The first-order valence-electron chi connectivity index (χ1n) is 4.02. The van der Waals surface area contributed by atoms with E-state index >= 15 is 0 Å². The van der Waals surface area contributed by atoms with E-state index in [0.717, 1.165) is 0 Å². The Balaban J connectivity index is 2.76. The Hall–Kier alpha value is -1.04. The molecule has 1 unspecified atom stereocenters. The van der Waals surface area contributed by atoms with Gasteiger partial charge in [-0.15, -0.1) is 0 Å². The first-order valence-corrected chi connectivity index (χ1v) is 4.02. The van der Waals surface area contributed by atoms with Gasteiger partial charge in [-0.1, -0.05) is 49.5 Å². The molecule has 0 aromatic heterocycles. The van der Waals surface area contributed by atoms with Crippen molar-refractivity contribution in [2.45, 2.75) is 13.8 Å². The average molecular weight is 146 g/mol. The molecule has 0 heteroatoms. The molecular formula is C11H14. The summed E-state index contributed by atoms with van der Waals surface area (Å²) in [7, 11) is 0. The monoisotopic (exact) mass is 146 g/mol. The molecule has 58 valence electrons. The van der Waals surface area contributed by atoms with Gasteiger partial charge in [-0.2, -0.15) is 0 Å². The second-order valence-electron chi connectivity index (χ2n) is 2.77. The van der Waals surface area contributed by atoms with Crippen LogP contribution in [0.25, 0.3) is 0 Å². The smallest absolute Gasteiger partial charge is 0.00754 e. The standard InChI is InChI=1S/C11H14/c1-3-5-11-7-4-6-10(2)8-9-11/h3-10H,1-2H3/b5-3-. The Kier molecular flexibility index (Phi) is 2.91. The third kappa shape index (κ3) is 2.58. The summed E-state index contributed by atoms with van der Waals surface area (Å²) in [6.45, 7) is 4.21. The fourth-order valence-corrected chi connectivity index (χ4v) is 1.03. The maximum absolute atomic E-state index is 2.20. The van der Waals surface area contributed by atoms with E-state index in [0.29, 0.717) is 5.92 Å². The van der Waals surface area contributed by atoms with Crippen molar-refractivity contribution in [3.63, 3.8) is 0 Å². The highest BCUT2D eigenvalue weighted by Crippen LogP contribution is 2.09. The molecule has 11 heavy (non-hydrogen) atoms. The van der Waals surface area contributed by atoms with Crippen LogP contribution in [0, 0.1) is 5.92 Å². The topological polar surface area (TPSA) is 0 Å². The predicted octanol–water partition coefficient (Wildman–Crippen LogP) is 3.25. The molecule has 0 aliphatic heterocycles. The maximum Gasteiger partial charge on any atom is -0.00754 e. The van der Waals surface area contributed by atoms with Crippen LogP contribution in [0.2, 0.25) is 0 Å². The molecule has 1 atom stereocenters. The highest BCUT2D eigenvalue weighted by Gasteiger charge is 1.92. The van der Waals surface area contributed by atoms with Crippen molar-refractivity contribution in [3.8, 4) is 0 Å². The van der Waals surface area contributed by atoms with E-state index < -0.39 is 0 Å². The van der Waals surface area contributed by atoms with Crippen LogP contribution in [-0.2, 0) is 0 Å². The zero-order valence-corrected chi connectivity index (χ0v) is 7.12. The Morgan fingerprint density at radius 3 is 2.91 bits per heavy atom. The second-order valence-corrected chi connectivity index (χ2v) is 2.77. The molecule has 0 fully saturated rings. The molecule has 0 radical (unpaired) electrons. The summed E-state index contributed by atoms with van der Waals surface area (Å²) in [4.78, 5) is 0. The molecule has 0 bridgehead atoms. The van der Waals surface area contributed by atoms with Crippen molar-refractivity contribution < 1.29 is 0 Å². The van der Waals surface area contributed by atoms with Crippen molar-refractivity contribution in [1.29, 1.82) is 0 Å². The molecule has 0 saturated heterocycles. The van der Waals surface area contributed by atoms with Gasteiger partial charge >= 0.3 is 0 Å². The maximum atomic E-state index is 2.20. The van der Waals surface area contributed by atoms with Crippen LogP contribution in [0.15, 0.2) is 48.1 Å². The molecule has 0 saturated carbocycles. The van der Waals surface area contributed by atoms with Gasteiger partial charge in [0, 0.05) is 0 Å². The van der Waals surface area contributed by atoms with Gasteiger partial charge in [0.25, 0.3) is 0 Å². The molecule has 0 nitrogen and oxygen atoms in total. The minimum absolute atomic E-state index is 0.564. The minimum atomic E-state index is 0.564. The largest absolute Gasteiger partial charge is 0.0871 e. The van der Waals surface area contributed by atoms with Crippen molar-refractivity contribution in [3.05, 3.63) is 48.1 Å². The summed E-state index contributed by atoms with van der Waals surface area (Å²) in [5, 5.41) is 0. The van der Waals surface area contributed by atoms with Crippen molar-refractivity contribution in [2.75, 3.05) is 0 Å². The lowest BCUT2D eigenvalue weighted by molar-refractivity contribution is 0.942. The van der Waals surface area contributed by atoms with Gasteiger partial charge in [-0.25, -0.2) is 0 Å². The van der Waals surface area contributed by atoms with Gasteiger partial charge < -0.3 is 0 Å². The number of hydrogen-bond acceptors (Lipinski definition) is 0. The molecule has 0 spiro atoms. The lowest BCUT2D eigenvalue weighted by atomic mass is 10.1. The molecule has 0 heterocycles. The van der Waals surface area contributed by atoms with Gasteiger partial charge in [0.15, 0.2) is 0 Å². The summed E-state index contributed by atoms with van der Waals surface area (Å²) >= 11 is 0. The van der Waals surface area contributed by atoms with Crippen molar-refractivity contribution >= 4 is 0 Å². The first kappa shape index (κ1) is 8.06. The summed E-state index contributed by atoms with van der Waals surface area (Å²) in [5.74, 6) is 0.564. The van der Waals surface area contributed by atoms with Crippen LogP contribution in [-0.4, -0.2) is 0 Å². The zero-order chi connectivity index (χ0) is 8.10. The van der Waals surface area contributed by atoms with E-state index in [4.69, 9.17) is 0 Å². The molecular weight excluding hydrogens is 132 g/mol. The third-order valence-electron chi connectivity index (χ3n) is 1.65. The molecule has 0 aromatic carbocycles. The lowest BCUT2D eigenvalue weighted by Crippen LogP contribution is -1.78. The third-order valence-corrected chi connectivity index (χ3v) is 1.65. The number of hydrogen-bond donors (Lipinski definition) is 0. The van der Waals surface area contributed by atoms with Gasteiger partial charge in [0.05, 0.1) is 0 Å². The van der Waals surface area contributed by atoms with Crippen LogP contribution in [0.4, 0.5) is 0 Å². The molecule has 0 aromatic rings. The summed E-state index contributed by atoms with van der Waals surface area (Å²) < 4.78 is 0. The Bertz CT molecular complexity index is 226. The Morgan fingerprint density at radius 2 is 2.18 bits per heavy atom. The zero-order valence-electron chi connectivity index (χ0n) is 7.12. The van der Waals surface area contributed by atoms with E-state index in [2.05, 4.69) is 49.5 Å². The predicted molar refractivity (Wildman–Crippen MR) is 50.3 cm³/mol. The Labute approximate surface area is 68.6 Å².